The van der Waals surface area contributed by atoms with Crippen LogP contribution in [0, 0.1) is 6.92 Å². The van der Waals surface area contributed by atoms with Crippen molar-refractivity contribution in [2.45, 2.75) is 26.3 Å². The number of rotatable bonds is 2. The highest BCUT2D eigenvalue weighted by molar-refractivity contribution is 9.10. The molecule has 0 amide bonds. The van der Waals surface area contributed by atoms with Crippen LogP contribution in [-0.2, 0) is 5.54 Å². The van der Waals surface area contributed by atoms with Crippen molar-refractivity contribution in [3.8, 4) is 5.75 Å². The van der Waals surface area contributed by atoms with Crippen molar-refractivity contribution in [2.24, 2.45) is 5.73 Å². The van der Waals surface area contributed by atoms with E-state index in [1.807, 2.05) is 32.9 Å². The summed E-state index contributed by atoms with van der Waals surface area (Å²) >= 11 is 3.54. The molecule has 78 valence electrons. The van der Waals surface area contributed by atoms with Crippen LogP contribution in [0.4, 0.5) is 0 Å². The van der Waals surface area contributed by atoms with Gasteiger partial charge in [0.2, 0.25) is 0 Å². The minimum atomic E-state index is -0.363. The molecule has 2 N–H and O–H groups in total. The third kappa shape index (κ3) is 2.28. The van der Waals surface area contributed by atoms with Crippen LogP contribution in [0.2, 0.25) is 0 Å². The van der Waals surface area contributed by atoms with Gasteiger partial charge in [0.25, 0.3) is 0 Å². The van der Waals surface area contributed by atoms with Crippen LogP contribution in [-0.4, -0.2) is 7.11 Å². The van der Waals surface area contributed by atoms with Gasteiger partial charge in [-0.3, -0.25) is 0 Å². The largest absolute Gasteiger partial charge is 0.497 e. The molecular weight excluding hydrogens is 242 g/mol. The van der Waals surface area contributed by atoms with Gasteiger partial charge in [0.15, 0.2) is 0 Å². The summed E-state index contributed by atoms with van der Waals surface area (Å²) in [6, 6.07) is 3.95. The molecule has 0 aliphatic heterocycles. The number of hydrogen-bond acceptors (Lipinski definition) is 2. The topological polar surface area (TPSA) is 35.2 Å². The summed E-state index contributed by atoms with van der Waals surface area (Å²) in [5.74, 6) is 0.847. The number of nitrogens with two attached hydrogens (primary N) is 1. The van der Waals surface area contributed by atoms with Crippen LogP contribution in [0.15, 0.2) is 16.6 Å². The Hall–Kier alpha value is -0.540. The lowest BCUT2D eigenvalue weighted by molar-refractivity contribution is 0.411. The molecule has 2 nitrogen and oxygen atoms in total. The van der Waals surface area contributed by atoms with E-state index in [4.69, 9.17) is 10.5 Å². The molecule has 14 heavy (non-hydrogen) atoms. The Kier molecular flexibility index (Phi) is 3.22. The molecule has 1 aromatic rings. The fourth-order valence-corrected chi connectivity index (χ4v) is 2.06. The Bertz CT molecular complexity index is 342. The lowest BCUT2D eigenvalue weighted by Crippen LogP contribution is -2.29. The molecule has 1 aromatic carbocycles. The maximum atomic E-state index is 6.06. The summed E-state index contributed by atoms with van der Waals surface area (Å²) < 4.78 is 6.27. The lowest BCUT2D eigenvalue weighted by Gasteiger charge is -2.22. The molecule has 0 spiro atoms. The summed E-state index contributed by atoms with van der Waals surface area (Å²) in [4.78, 5) is 0. The average molecular weight is 258 g/mol. The fraction of sp³-hybridized carbons (Fsp3) is 0.455. The molecule has 0 bridgehead atoms. The van der Waals surface area contributed by atoms with Gasteiger partial charge < -0.3 is 10.5 Å². The first kappa shape index (κ1) is 11.5. The van der Waals surface area contributed by atoms with Crippen molar-refractivity contribution < 1.29 is 4.74 Å². The number of ether oxygens (including phenoxy) is 1. The minimum Gasteiger partial charge on any atom is -0.497 e. The van der Waals surface area contributed by atoms with Crippen molar-refractivity contribution >= 4 is 15.9 Å². The second-order valence-corrected chi connectivity index (χ2v) is 4.82. The van der Waals surface area contributed by atoms with Crippen molar-refractivity contribution in [1.29, 1.82) is 0 Å². The van der Waals surface area contributed by atoms with Crippen molar-refractivity contribution in [1.82, 2.24) is 0 Å². The standard InChI is InChI=1S/C11H16BrNO/c1-7-5-8(14-4)6-9(10(7)12)11(2,3)13/h5-6H,13H2,1-4H3. The summed E-state index contributed by atoms with van der Waals surface area (Å²) in [6.07, 6.45) is 0. The minimum absolute atomic E-state index is 0.363. The second-order valence-electron chi connectivity index (χ2n) is 4.03. The molecule has 0 saturated carbocycles. The van der Waals surface area contributed by atoms with Crippen LogP contribution in [0.1, 0.15) is 25.0 Å². The van der Waals surface area contributed by atoms with E-state index in [0.29, 0.717) is 0 Å². The number of hydrogen-bond donors (Lipinski definition) is 1. The monoisotopic (exact) mass is 257 g/mol. The van der Waals surface area contributed by atoms with Crippen LogP contribution < -0.4 is 10.5 Å². The number of methoxy groups -OCH3 is 1. The Morgan fingerprint density at radius 2 is 1.93 bits per heavy atom. The summed E-state index contributed by atoms with van der Waals surface area (Å²) in [6.45, 7) is 5.99. The van der Waals surface area contributed by atoms with E-state index in [2.05, 4.69) is 15.9 Å². The van der Waals surface area contributed by atoms with Crippen molar-refractivity contribution in [2.75, 3.05) is 7.11 Å². The second kappa shape index (κ2) is 3.91. The van der Waals surface area contributed by atoms with E-state index in [1.54, 1.807) is 7.11 Å². The Morgan fingerprint density at radius 3 is 2.36 bits per heavy atom. The van der Waals surface area contributed by atoms with Gasteiger partial charge in [0, 0.05) is 10.0 Å². The Labute approximate surface area is 93.6 Å². The zero-order valence-corrected chi connectivity index (χ0v) is 10.6. The SMILES string of the molecule is COc1cc(C)c(Br)c(C(C)(C)N)c1. The predicted octanol–water partition coefficient (Wildman–Crippen LogP) is 2.96. The highest BCUT2D eigenvalue weighted by atomic mass is 79.9. The van der Waals surface area contributed by atoms with E-state index < -0.39 is 0 Å². The van der Waals surface area contributed by atoms with Gasteiger partial charge in [-0.1, -0.05) is 15.9 Å². The zero-order chi connectivity index (χ0) is 10.9. The molecule has 0 heterocycles. The number of benzene rings is 1. The fourth-order valence-electron chi connectivity index (χ4n) is 1.32. The summed E-state index contributed by atoms with van der Waals surface area (Å²) in [5, 5.41) is 0. The van der Waals surface area contributed by atoms with Crippen molar-refractivity contribution in [3.63, 3.8) is 0 Å². The van der Waals surface area contributed by atoms with Crippen LogP contribution >= 0.6 is 15.9 Å². The molecule has 0 unspecified atom stereocenters. The van der Waals surface area contributed by atoms with Gasteiger partial charge in [-0.15, -0.1) is 0 Å². The summed E-state index contributed by atoms with van der Waals surface area (Å²) in [7, 11) is 1.66. The Morgan fingerprint density at radius 1 is 1.36 bits per heavy atom. The lowest BCUT2D eigenvalue weighted by atomic mass is 9.94. The smallest absolute Gasteiger partial charge is 0.119 e. The first-order valence-corrected chi connectivity index (χ1v) is 5.29. The third-order valence-corrected chi connectivity index (χ3v) is 3.21. The Balaban J connectivity index is 3.35. The van der Waals surface area contributed by atoms with Gasteiger partial charge in [-0.05, 0) is 44.0 Å². The van der Waals surface area contributed by atoms with Gasteiger partial charge in [-0.25, -0.2) is 0 Å². The van der Waals surface area contributed by atoms with E-state index in [0.717, 1.165) is 21.3 Å². The quantitative estimate of drug-likeness (QED) is 0.885. The molecule has 0 fully saturated rings. The third-order valence-electron chi connectivity index (χ3n) is 2.16. The summed E-state index contributed by atoms with van der Waals surface area (Å²) in [5.41, 5.74) is 7.90. The highest BCUT2D eigenvalue weighted by Gasteiger charge is 2.19. The van der Waals surface area contributed by atoms with Crippen LogP contribution in [0.25, 0.3) is 0 Å². The van der Waals surface area contributed by atoms with E-state index in [-0.39, 0.29) is 5.54 Å². The van der Waals surface area contributed by atoms with Crippen LogP contribution in [0.3, 0.4) is 0 Å². The highest BCUT2D eigenvalue weighted by Crippen LogP contribution is 2.32. The molecule has 0 saturated heterocycles. The maximum absolute atomic E-state index is 6.06. The molecule has 0 atom stereocenters. The molecule has 0 aromatic heterocycles. The normalized spacial score (nSPS) is 11.6. The number of aryl methyl sites for hydroxylation is 1. The maximum Gasteiger partial charge on any atom is 0.119 e. The van der Waals surface area contributed by atoms with E-state index in [9.17, 15) is 0 Å². The van der Waals surface area contributed by atoms with E-state index >= 15 is 0 Å². The van der Waals surface area contributed by atoms with Gasteiger partial charge in [-0.2, -0.15) is 0 Å². The molecule has 1 rings (SSSR count). The van der Waals surface area contributed by atoms with Gasteiger partial charge in [0.05, 0.1) is 7.11 Å². The predicted molar refractivity (Wildman–Crippen MR) is 62.6 cm³/mol. The number of halogens is 1. The van der Waals surface area contributed by atoms with E-state index in [1.165, 1.54) is 0 Å². The first-order valence-electron chi connectivity index (χ1n) is 4.49. The molecule has 3 heteroatoms. The molecule has 0 aliphatic carbocycles. The first-order chi connectivity index (χ1) is 6.36. The zero-order valence-electron chi connectivity index (χ0n) is 9.02. The molecule has 0 aliphatic rings. The molecular formula is C11H16BrNO. The van der Waals surface area contributed by atoms with Gasteiger partial charge >= 0.3 is 0 Å². The van der Waals surface area contributed by atoms with Gasteiger partial charge in [0.1, 0.15) is 5.75 Å². The van der Waals surface area contributed by atoms with Crippen molar-refractivity contribution in [3.05, 3.63) is 27.7 Å². The van der Waals surface area contributed by atoms with Crippen LogP contribution in [0.5, 0.6) is 5.75 Å². The molecule has 0 radical (unpaired) electrons. The average Bonchev–Trinajstić information content (AvgIpc) is 2.07.